The van der Waals surface area contributed by atoms with Crippen molar-refractivity contribution in [1.82, 2.24) is 4.31 Å². The standard InChI is InChI=1S/C12H14N2O3S2/c1-9(15)7-10-3-2-6-14(10)19(16,17)12-5-4-11(8-13)18-12/h4-5,10H,2-3,6-7H2,1H3. The SMILES string of the molecule is CC(=O)CC1CCCN1S(=O)(=O)c1ccc(C#N)s1. The van der Waals surface area contributed by atoms with Crippen LogP contribution in [0.2, 0.25) is 0 Å². The van der Waals surface area contributed by atoms with E-state index in [-0.39, 0.29) is 22.5 Å². The molecule has 0 aliphatic carbocycles. The molecule has 2 heterocycles. The van der Waals surface area contributed by atoms with Crippen molar-refractivity contribution in [3.05, 3.63) is 17.0 Å². The molecule has 7 heteroatoms. The smallest absolute Gasteiger partial charge is 0.252 e. The van der Waals surface area contributed by atoms with E-state index in [1.807, 2.05) is 6.07 Å². The topological polar surface area (TPSA) is 78.2 Å². The van der Waals surface area contributed by atoms with Crippen LogP contribution in [0.4, 0.5) is 0 Å². The highest BCUT2D eigenvalue weighted by atomic mass is 32.2. The highest BCUT2D eigenvalue weighted by Gasteiger charge is 2.36. The second kappa shape index (κ2) is 5.41. The van der Waals surface area contributed by atoms with Crippen LogP contribution < -0.4 is 0 Å². The lowest BCUT2D eigenvalue weighted by molar-refractivity contribution is -0.117. The maximum atomic E-state index is 12.5. The molecule has 1 fully saturated rings. The lowest BCUT2D eigenvalue weighted by Crippen LogP contribution is -2.36. The Labute approximate surface area is 116 Å². The van der Waals surface area contributed by atoms with Gasteiger partial charge in [-0.15, -0.1) is 11.3 Å². The highest BCUT2D eigenvalue weighted by molar-refractivity contribution is 7.91. The van der Waals surface area contributed by atoms with Gasteiger partial charge in [-0.05, 0) is 31.9 Å². The fourth-order valence-corrected chi connectivity index (χ4v) is 5.22. The Hall–Kier alpha value is -1.23. The molecule has 102 valence electrons. The van der Waals surface area contributed by atoms with E-state index >= 15 is 0 Å². The van der Waals surface area contributed by atoms with E-state index in [1.165, 1.54) is 23.4 Å². The lowest BCUT2D eigenvalue weighted by Gasteiger charge is -2.22. The molecule has 0 saturated carbocycles. The van der Waals surface area contributed by atoms with Crippen LogP contribution in [0.15, 0.2) is 16.3 Å². The molecule has 0 amide bonds. The number of sulfonamides is 1. The predicted octanol–water partition coefficient (Wildman–Crippen LogP) is 1.75. The normalized spacial score (nSPS) is 20.3. The molecular formula is C12H14N2O3S2. The number of hydrogen-bond donors (Lipinski definition) is 0. The summed E-state index contributed by atoms with van der Waals surface area (Å²) in [5, 5.41) is 8.76. The molecule has 2 rings (SSSR count). The van der Waals surface area contributed by atoms with Gasteiger partial charge in [0.1, 0.15) is 20.9 Å². The maximum Gasteiger partial charge on any atom is 0.252 e. The first-order valence-corrected chi connectivity index (χ1v) is 8.22. The van der Waals surface area contributed by atoms with Crippen LogP contribution in [-0.4, -0.2) is 31.1 Å². The molecule has 1 saturated heterocycles. The summed E-state index contributed by atoms with van der Waals surface area (Å²) in [6, 6.07) is 4.66. The van der Waals surface area contributed by atoms with Gasteiger partial charge in [-0.1, -0.05) is 0 Å². The summed E-state index contributed by atoms with van der Waals surface area (Å²) in [5.74, 6) is -0.00371. The number of thiophene rings is 1. The van der Waals surface area contributed by atoms with Gasteiger partial charge >= 0.3 is 0 Å². The number of hydrogen-bond acceptors (Lipinski definition) is 5. The summed E-state index contributed by atoms with van der Waals surface area (Å²) in [4.78, 5) is 11.6. The van der Waals surface area contributed by atoms with E-state index in [2.05, 4.69) is 0 Å². The highest BCUT2D eigenvalue weighted by Crippen LogP contribution is 2.31. The van der Waals surface area contributed by atoms with Crippen molar-refractivity contribution >= 4 is 27.1 Å². The number of Topliss-reactive ketones (excluding diaryl/α,β-unsaturated/α-hetero) is 1. The Morgan fingerprint density at radius 2 is 2.32 bits per heavy atom. The number of rotatable bonds is 4. The first-order chi connectivity index (χ1) is 8.95. The van der Waals surface area contributed by atoms with Gasteiger partial charge in [0, 0.05) is 19.0 Å². The number of carbonyl (C=O) groups excluding carboxylic acids is 1. The summed E-state index contributed by atoms with van der Waals surface area (Å²) in [7, 11) is -3.57. The molecular weight excluding hydrogens is 284 g/mol. The molecule has 0 spiro atoms. The van der Waals surface area contributed by atoms with Crippen LogP contribution in [0.3, 0.4) is 0 Å². The van der Waals surface area contributed by atoms with Crippen LogP contribution in [0.25, 0.3) is 0 Å². The second-order valence-electron chi connectivity index (χ2n) is 4.55. The summed E-state index contributed by atoms with van der Waals surface area (Å²) in [6.45, 7) is 1.92. The van der Waals surface area contributed by atoms with Gasteiger partial charge in [-0.25, -0.2) is 8.42 Å². The van der Waals surface area contributed by atoms with Crippen LogP contribution in [0.5, 0.6) is 0 Å². The molecule has 0 aromatic carbocycles. The fraction of sp³-hybridized carbons (Fsp3) is 0.500. The Morgan fingerprint density at radius 1 is 1.58 bits per heavy atom. The van der Waals surface area contributed by atoms with E-state index in [0.29, 0.717) is 11.4 Å². The Morgan fingerprint density at radius 3 is 2.89 bits per heavy atom. The average Bonchev–Trinajstić information content (AvgIpc) is 2.95. The Kier molecular flexibility index (Phi) is 4.04. The van der Waals surface area contributed by atoms with E-state index < -0.39 is 10.0 Å². The van der Waals surface area contributed by atoms with Gasteiger partial charge < -0.3 is 0 Å². The van der Waals surface area contributed by atoms with Crippen molar-refractivity contribution in [2.24, 2.45) is 0 Å². The van der Waals surface area contributed by atoms with Gasteiger partial charge in [-0.2, -0.15) is 9.57 Å². The molecule has 0 bridgehead atoms. The van der Waals surface area contributed by atoms with Gasteiger partial charge in [0.15, 0.2) is 0 Å². The Balaban J connectivity index is 2.28. The quantitative estimate of drug-likeness (QED) is 0.848. The molecule has 0 radical (unpaired) electrons. The van der Waals surface area contributed by atoms with E-state index in [4.69, 9.17) is 5.26 Å². The largest absolute Gasteiger partial charge is 0.300 e. The third kappa shape index (κ3) is 2.86. The number of nitriles is 1. The molecule has 1 aliphatic heterocycles. The Bertz CT molecular complexity index is 628. The van der Waals surface area contributed by atoms with Crippen LogP contribution in [-0.2, 0) is 14.8 Å². The molecule has 0 N–H and O–H groups in total. The molecule has 1 aromatic rings. The van der Waals surface area contributed by atoms with Crippen molar-refractivity contribution in [2.45, 2.75) is 36.4 Å². The first-order valence-electron chi connectivity index (χ1n) is 5.96. The van der Waals surface area contributed by atoms with Crippen LogP contribution in [0.1, 0.15) is 31.1 Å². The average molecular weight is 298 g/mol. The van der Waals surface area contributed by atoms with Gasteiger partial charge in [0.05, 0.1) is 0 Å². The maximum absolute atomic E-state index is 12.5. The van der Waals surface area contributed by atoms with Crippen LogP contribution >= 0.6 is 11.3 Å². The van der Waals surface area contributed by atoms with E-state index in [9.17, 15) is 13.2 Å². The zero-order valence-corrected chi connectivity index (χ0v) is 12.1. The monoisotopic (exact) mass is 298 g/mol. The molecule has 1 aromatic heterocycles. The second-order valence-corrected chi connectivity index (χ2v) is 7.75. The van der Waals surface area contributed by atoms with Crippen molar-refractivity contribution < 1.29 is 13.2 Å². The van der Waals surface area contributed by atoms with Gasteiger partial charge in [0.25, 0.3) is 10.0 Å². The van der Waals surface area contributed by atoms with Crippen LogP contribution in [0, 0.1) is 11.3 Å². The molecule has 19 heavy (non-hydrogen) atoms. The lowest BCUT2D eigenvalue weighted by atomic mass is 10.1. The summed E-state index contributed by atoms with van der Waals surface area (Å²) < 4.78 is 26.5. The zero-order valence-electron chi connectivity index (χ0n) is 10.5. The molecule has 5 nitrogen and oxygen atoms in total. The van der Waals surface area contributed by atoms with Crippen molar-refractivity contribution in [3.8, 4) is 6.07 Å². The number of nitrogens with zero attached hydrogens (tertiary/aromatic N) is 2. The van der Waals surface area contributed by atoms with Crippen molar-refractivity contribution in [2.75, 3.05) is 6.54 Å². The van der Waals surface area contributed by atoms with Gasteiger partial charge in [0.2, 0.25) is 0 Å². The summed E-state index contributed by atoms with van der Waals surface area (Å²) in [5.41, 5.74) is 0. The fourth-order valence-electron chi connectivity index (χ4n) is 2.30. The van der Waals surface area contributed by atoms with E-state index in [0.717, 1.165) is 24.2 Å². The zero-order chi connectivity index (χ0) is 14.0. The molecule has 1 atom stereocenters. The minimum absolute atomic E-state index is 0.00371. The van der Waals surface area contributed by atoms with E-state index in [1.54, 1.807) is 0 Å². The molecule has 1 unspecified atom stereocenters. The number of ketones is 1. The van der Waals surface area contributed by atoms with Gasteiger partial charge in [-0.3, -0.25) is 4.79 Å². The third-order valence-corrected chi connectivity index (χ3v) is 6.51. The molecule has 1 aliphatic rings. The summed E-state index contributed by atoms with van der Waals surface area (Å²) >= 11 is 0.972. The summed E-state index contributed by atoms with van der Waals surface area (Å²) in [6.07, 6.45) is 1.75. The minimum Gasteiger partial charge on any atom is -0.300 e. The van der Waals surface area contributed by atoms with Crippen molar-refractivity contribution in [3.63, 3.8) is 0 Å². The third-order valence-electron chi connectivity index (χ3n) is 3.10. The first kappa shape index (κ1) is 14.2. The minimum atomic E-state index is -3.57. The predicted molar refractivity (Wildman–Crippen MR) is 71.2 cm³/mol. The number of carbonyl (C=O) groups is 1. The van der Waals surface area contributed by atoms with Crippen molar-refractivity contribution in [1.29, 1.82) is 5.26 Å².